The third-order valence-electron chi connectivity index (χ3n) is 5.46. The minimum Gasteiger partial charge on any atom is -0.337 e. The lowest BCUT2D eigenvalue weighted by molar-refractivity contribution is 0.102. The third-order valence-corrected chi connectivity index (χ3v) is 9.22. The van der Waals surface area contributed by atoms with Gasteiger partial charge in [-0.3, -0.25) is 9.52 Å². The number of carbonyl (C=O) groups excluding carboxylic acids is 1. The first-order valence-corrected chi connectivity index (χ1v) is 15.0. The van der Waals surface area contributed by atoms with Crippen LogP contribution in [-0.2, 0) is 20.0 Å². The molecular formula is C24H19Cl3N4O6S2. The van der Waals surface area contributed by atoms with Crippen LogP contribution in [0.2, 0.25) is 15.1 Å². The van der Waals surface area contributed by atoms with Crippen molar-refractivity contribution in [1.29, 1.82) is 0 Å². The quantitative estimate of drug-likeness (QED) is 0.213. The molecule has 0 saturated carbocycles. The van der Waals surface area contributed by atoms with Crippen molar-refractivity contribution in [3.8, 4) is 0 Å². The molecule has 0 aliphatic heterocycles. The number of rotatable bonds is 8. The molecule has 1 heterocycles. The molecule has 0 bridgehead atoms. The van der Waals surface area contributed by atoms with Crippen LogP contribution in [0.1, 0.15) is 21.6 Å². The van der Waals surface area contributed by atoms with E-state index < -0.39 is 26.0 Å². The second-order valence-electron chi connectivity index (χ2n) is 8.18. The molecule has 3 N–H and O–H groups in total. The summed E-state index contributed by atoms with van der Waals surface area (Å²) >= 11 is 18.1. The van der Waals surface area contributed by atoms with E-state index in [0.717, 1.165) is 6.07 Å². The number of nitrogens with zero attached hydrogens (tertiary/aromatic N) is 1. The van der Waals surface area contributed by atoms with Crippen molar-refractivity contribution in [2.24, 2.45) is 0 Å². The Labute approximate surface area is 239 Å². The molecule has 0 fully saturated rings. The Morgan fingerprint density at radius 2 is 1.49 bits per heavy atom. The van der Waals surface area contributed by atoms with Crippen LogP contribution >= 0.6 is 34.8 Å². The summed E-state index contributed by atoms with van der Waals surface area (Å²) < 4.78 is 61.0. The van der Waals surface area contributed by atoms with E-state index in [0.29, 0.717) is 11.3 Å². The maximum Gasteiger partial charge on any atom is 0.264 e. The van der Waals surface area contributed by atoms with Gasteiger partial charge >= 0.3 is 0 Å². The molecule has 0 aliphatic rings. The number of halogens is 3. The van der Waals surface area contributed by atoms with Gasteiger partial charge in [0.15, 0.2) is 0 Å². The van der Waals surface area contributed by atoms with E-state index in [1.165, 1.54) is 54.6 Å². The van der Waals surface area contributed by atoms with Gasteiger partial charge in [0.2, 0.25) is 5.88 Å². The van der Waals surface area contributed by atoms with E-state index in [2.05, 4.69) is 19.9 Å². The molecule has 0 saturated heterocycles. The predicted octanol–water partition coefficient (Wildman–Crippen LogP) is 6.11. The monoisotopic (exact) mass is 628 g/mol. The van der Waals surface area contributed by atoms with Crippen molar-refractivity contribution in [3.05, 3.63) is 92.6 Å². The number of anilines is 3. The fourth-order valence-corrected chi connectivity index (χ4v) is 6.28. The normalized spacial score (nSPS) is 11.7. The van der Waals surface area contributed by atoms with Gasteiger partial charge in [-0.05, 0) is 74.5 Å². The summed E-state index contributed by atoms with van der Waals surface area (Å²) in [7, 11) is -8.23. The van der Waals surface area contributed by atoms with E-state index in [1.807, 2.05) is 0 Å². The maximum atomic E-state index is 13.0. The molecule has 3 aromatic carbocycles. The highest BCUT2D eigenvalue weighted by atomic mass is 35.5. The minimum absolute atomic E-state index is 0.00509. The molecule has 1 amide bonds. The summed E-state index contributed by atoms with van der Waals surface area (Å²) in [4.78, 5) is 12.4. The zero-order valence-electron chi connectivity index (χ0n) is 20.1. The standard InChI is InChI=1S/C24H19Cl3N4O6S2/c1-13-14(2)29-37-24(13)31-38(33,34)18-7-5-17(6-8-18)28-23(32)15-3-9-20(27)22(11-15)39(35,36)30-21-12-16(25)4-10-19(21)26/h3-12,30-31H,1-2H3,(H,28,32). The number of hydrogen-bond donors (Lipinski definition) is 3. The van der Waals surface area contributed by atoms with Crippen molar-refractivity contribution in [2.75, 3.05) is 14.8 Å². The van der Waals surface area contributed by atoms with E-state index in [1.54, 1.807) is 13.8 Å². The van der Waals surface area contributed by atoms with Gasteiger partial charge < -0.3 is 9.84 Å². The molecule has 0 aliphatic carbocycles. The first-order valence-electron chi connectivity index (χ1n) is 10.9. The Bertz CT molecular complexity index is 1790. The molecule has 0 unspecified atom stereocenters. The molecule has 0 atom stereocenters. The molecular weight excluding hydrogens is 611 g/mol. The molecule has 4 aromatic rings. The summed E-state index contributed by atoms with van der Waals surface area (Å²) in [5.74, 6) is -0.657. The van der Waals surface area contributed by atoms with Crippen molar-refractivity contribution >= 4 is 78.0 Å². The van der Waals surface area contributed by atoms with Crippen LogP contribution in [0.15, 0.2) is 75.0 Å². The molecule has 39 heavy (non-hydrogen) atoms. The zero-order valence-corrected chi connectivity index (χ0v) is 24.0. The number of benzene rings is 3. The fourth-order valence-electron chi connectivity index (χ4n) is 3.24. The van der Waals surface area contributed by atoms with Crippen LogP contribution in [0, 0.1) is 13.8 Å². The molecule has 0 radical (unpaired) electrons. The average Bonchev–Trinajstić information content (AvgIpc) is 3.18. The van der Waals surface area contributed by atoms with Gasteiger partial charge in [-0.15, -0.1) is 0 Å². The SMILES string of the molecule is Cc1noc(NS(=O)(=O)c2ccc(NC(=O)c3ccc(Cl)c(S(=O)(=O)Nc4cc(Cl)ccc4Cl)c3)cc2)c1C. The lowest BCUT2D eigenvalue weighted by atomic mass is 10.2. The second-order valence-corrected chi connectivity index (χ2v) is 12.8. The molecule has 4 rings (SSSR count). The zero-order chi connectivity index (χ0) is 28.5. The summed E-state index contributed by atoms with van der Waals surface area (Å²) in [6.07, 6.45) is 0. The van der Waals surface area contributed by atoms with Gasteiger partial charge in [0, 0.05) is 21.8 Å². The maximum absolute atomic E-state index is 13.0. The Balaban J connectivity index is 1.51. The van der Waals surface area contributed by atoms with Crippen LogP contribution in [-0.4, -0.2) is 27.9 Å². The van der Waals surface area contributed by atoms with Crippen LogP contribution in [0.5, 0.6) is 0 Å². The summed E-state index contributed by atoms with van der Waals surface area (Å²) in [6, 6.07) is 13.3. The Morgan fingerprint density at radius 3 is 2.13 bits per heavy atom. The van der Waals surface area contributed by atoms with Crippen molar-refractivity contribution in [2.45, 2.75) is 23.6 Å². The number of aryl methyl sites for hydroxylation is 1. The van der Waals surface area contributed by atoms with Gasteiger partial charge in [-0.25, -0.2) is 21.6 Å². The van der Waals surface area contributed by atoms with Crippen molar-refractivity contribution < 1.29 is 26.2 Å². The van der Waals surface area contributed by atoms with E-state index in [9.17, 15) is 21.6 Å². The first kappa shape index (κ1) is 28.7. The smallest absolute Gasteiger partial charge is 0.264 e. The van der Waals surface area contributed by atoms with Gasteiger partial charge in [-0.1, -0.05) is 40.0 Å². The molecule has 204 valence electrons. The highest BCUT2D eigenvalue weighted by Crippen LogP contribution is 2.30. The first-order chi connectivity index (χ1) is 18.3. The van der Waals surface area contributed by atoms with Gasteiger partial charge in [0.25, 0.3) is 26.0 Å². The van der Waals surface area contributed by atoms with Crippen LogP contribution in [0.25, 0.3) is 0 Å². The van der Waals surface area contributed by atoms with E-state index >= 15 is 0 Å². The second kappa shape index (κ2) is 11.1. The lowest BCUT2D eigenvalue weighted by Crippen LogP contribution is -2.17. The summed E-state index contributed by atoms with van der Waals surface area (Å²) in [5, 5.41) is 6.54. The number of nitrogens with one attached hydrogen (secondary N) is 3. The molecule has 15 heteroatoms. The third kappa shape index (κ3) is 6.48. The Kier molecular flexibility index (Phi) is 8.14. The van der Waals surface area contributed by atoms with Gasteiger partial charge in [-0.2, -0.15) is 0 Å². The number of carbonyl (C=O) groups is 1. The van der Waals surface area contributed by atoms with Crippen molar-refractivity contribution in [3.63, 3.8) is 0 Å². The van der Waals surface area contributed by atoms with Gasteiger partial charge in [0.05, 0.1) is 26.3 Å². The number of amides is 1. The van der Waals surface area contributed by atoms with Crippen LogP contribution in [0.3, 0.4) is 0 Å². The Hall–Kier alpha value is -3.29. The lowest BCUT2D eigenvalue weighted by Gasteiger charge is -2.13. The number of sulfonamides is 2. The molecule has 0 spiro atoms. The summed E-state index contributed by atoms with van der Waals surface area (Å²) in [5.41, 5.74) is 1.37. The van der Waals surface area contributed by atoms with Gasteiger partial charge in [0.1, 0.15) is 4.90 Å². The van der Waals surface area contributed by atoms with Crippen LogP contribution in [0.4, 0.5) is 17.3 Å². The number of aromatic nitrogens is 1. The highest BCUT2D eigenvalue weighted by molar-refractivity contribution is 7.93. The van der Waals surface area contributed by atoms with Crippen molar-refractivity contribution in [1.82, 2.24) is 5.16 Å². The fraction of sp³-hybridized carbons (Fsp3) is 0.0833. The average molecular weight is 630 g/mol. The topological polar surface area (TPSA) is 147 Å². The Morgan fingerprint density at radius 1 is 0.821 bits per heavy atom. The molecule has 1 aromatic heterocycles. The number of hydrogen-bond acceptors (Lipinski definition) is 7. The predicted molar refractivity (Wildman–Crippen MR) is 150 cm³/mol. The summed E-state index contributed by atoms with van der Waals surface area (Å²) in [6.45, 7) is 3.34. The largest absolute Gasteiger partial charge is 0.337 e. The minimum atomic E-state index is -4.25. The highest BCUT2D eigenvalue weighted by Gasteiger charge is 2.23. The molecule has 10 nitrogen and oxygen atoms in total. The van der Waals surface area contributed by atoms with E-state index in [-0.39, 0.29) is 47.7 Å². The van der Waals surface area contributed by atoms with Crippen LogP contribution < -0.4 is 14.8 Å². The van der Waals surface area contributed by atoms with E-state index in [4.69, 9.17) is 39.3 Å².